The Hall–Kier alpha value is 1.11. The summed E-state index contributed by atoms with van der Waals surface area (Å²) in [7, 11) is 0. The van der Waals surface area contributed by atoms with Gasteiger partial charge in [-0.15, -0.1) is 0 Å². The predicted octanol–water partition coefficient (Wildman–Crippen LogP) is -0.361. The summed E-state index contributed by atoms with van der Waals surface area (Å²) < 4.78 is 0. The Balaban J connectivity index is 0. The van der Waals surface area contributed by atoms with Crippen molar-refractivity contribution in [3.63, 3.8) is 0 Å². The molecule has 0 unspecified atom stereocenters. The molecule has 0 aromatic rings. The maximum absolute atomic E-state index is 0. The smallest absolute Gasteiger partial charge is 2.00 e. The molecule has 0 aromatic carbocycles. The van der Waals surface area contributed by atoms with E-state index in [-0.39, 0.29) is 55.2 Å². The molecule has 0 heterocycles. The fourth-order valence-electron chi connectivity index (χ4n) is 0. The molecule has 0 spiro atoms. The number of hydrogen-bond acceptors (Lipinski definition) is 0. The van der Waals surface area contributed by atoms with Gasteiger partial charge in [0.25, 0.3) is 0 Å². The minimum Gasteiger partial charge on any atom is -2.00 e. The molecule has 0 bridgehead atoms. The number of rotatable bonds is 0. The summed E-state index contributed by atoms with van der Waals surface area (Å²) in [6.07, 6.45) is 0. The van der Waals surface area contributed by atoms with Crippen LogP contribution in [0.5, 0.6) is 0 Å². The minimum atomic E-state index is 0. The zero-order valence-electron chi connectivity index (χ0n) is 2.10. The van der Waals surface area contributed by atoms with Crippen molar-refractivity contribution >= 4 is 0 Å². The first-order valence-corrected chi connectivity index (χ1v) is 0. The molecule has 0 aliphatic carbocycles. The van der Waals surface area contributed by atoms with Crippen LogP contribution >= 0.6 is 0 Å². The van der Waals surface area contributed by atoms with Gasteiger partial charge in [-0.3, -0.25) is 0 Å². The molecular weight excluding hydrogens is 151 g/mol. The Bertz CT molecular complexity index is 6.85. The largest absolute Gasteiger partial charge is 4.00 e. The molecule has 0 fully saturated rings. The van der Waals surface area contributed by atoms with Gasteiger partial charge in [0.15, 0.2) is 0 Å². The van der Waals surface area contributed by atoms with Gasteiger partial charge in [0.05, 0.1) is 0 Å². The Morgan fingerprint density at radius 2 is 0.600 bits per heavy atom. The van der Waals surface area contributed by atoms with Gasteiger partial charge < -0.3 is 16.4 Å². The van der Waals surface area contributed by atoms with E-state index >= 15 is 0 Å². The molecule has 0 N–H and O–H groups in total. The fraction of sp³-hybridized carbons (Fsp3) is 0. The maximum atomic E-state index is 0. The Kier molecular flexibility index (Phi) is 1800. The second-order valence-electron chi connectivity index (χ2n) is 0. The molecule has 0 rings (SSSR count). The third-order valence-electron chi connectivity index (χ3n) is 0. The van der Waals surface area contributed by atoms with Crippen LogP contribution in [0.2, 0.25) is 0 Å². The van der Waals surface area contributed by atoms with E-state index in [4.69, 9.17) is 0 Å². The van der Waals surface area contributed by atoms with E-state index in [1.54, 1.807) is 0 Å². The molecule has 29 valence electrons. The summed E-state index contributed by atoms with van der Waals surface area (Å²) in [6.45, 7) is 0. The van der Waals surface area contributed by atoms with E-state index in [1.165, 1.54) is 0 Å². The second-order valence-corrected chi connectivity index (χ2v) is 0. The van der Waals surface area contributed by atoms with Crippen molar-refractivity contribution in [2.45, 2.75) is 0 Å². The van der Waals surface area contributed by atoms with Gasteiger partial charge in [-0.25, -0.2) is 0 Å². The van der Waals surface area contributed by atoms with Crippen LogP contribution in [0, 0.1) is 0 Å². The van der Waals surface area contributed by atoms with Crippen molar-refractivity contribution in [1.29, 1.82) is 0 Å². The van der Waals surface area contributed by atoms with Gasteiger partial charge in [0.1, 0.15) is 0 Å². The number of hydrogen-bond donors (Lipinski definition) is 0. The molecule has 5 heavy (non-hydrogen) atoms. The van der Waals surface area contributed by atoms with Gasteiger partial charge >= 0.3 is 38.8 Å². The summed E-state index contributed by atoms with van der Waals surface area (Å²) in [5.41, 5.74) is 0. The molecule has 5 heteroatoms. The molecule has 1 radical (unpaired) electrons. The predicted molar refractivity (Wildman–Crippen MR) is 2.06 cm³/mol. The normalized spacial score (nSPS) is 0. The van der Waals surface area contributed by atoms with Crippen LogP contribution in [0.4, 0.5) is 0 Å². The topological polar surface area (TPSA) is 85.5 Å². The van der Waals surface area contributed by atoms with E-state index in [0.717, 1.165) is 0 Å². The van der Waals surface area contributed by atoms with Crippen molar-refractivity contribution in [1.82, 2.24) is 0 Å². The van der Waals surface area contributed by atoms with Gasteiger partial charge in [-0.05, 0) is 0 Å². The van der Waals surface area contributed by atoms with Crippen molar-refractivity contribution in [2.24, 2.45) is 0 Å². The molecule has 0 amide bonds. The van der Waals surface area contributed by atoms with Crippen LogP contribution in [0.1, 0.15) is 0 Å². The quantitative estimate of drug-likeness (QED) is 0.423. The zero-order valence-corrected chi connectivity index (χ0v) is 4.84. The molecule has 3 nitrogen and oxygen atoms in total. The van der Waals surface area contributed by atoms with E-state index < -0.39 is 0 Å². The molecule has 0 aliphatic heterocycles. The average molecular weight is 151 g/mol. The van der Waals surface area contributed by atoms with Crippen molar-refractivity contribution in [2.75, 3.05) is 0 Å². The van der Waals surface area contributed by atoms with E-state index in [9.17, 15) is 0 Å². The van der Waals surface area contributed by atoms with E-state index in [2.05, 4.69) is 0 Å². The SMILES string of the molecule is [Mn+2].[O-2].[O-2].[O-2].[Ti+4]. The van der Waals surface area contributed by atoms with Crippen LogP contribution in [0.15, 0.2) is 0 Å². The Labute approximate surface area is 55.4 Å². The monoisotopic (exact) mass is 151 g/mol. The molecule has 0 saturated carbocycles. The van der Waals surface area contributed by atoms with Crippen LogP contribution in [-0.4, -0.2) is 0 Å². The van der Waals surface area contributed by atoms with Crippen LogP contribution in [0.3, 0.4) is 0 Å². The van der Waals surface area contributed by atoms with Crippen molar-refractivity contribution in [3.05, 3.63) is 0 Å². The van der Waals surface area contributed by atoms with E-state index in [0.29, 0.717) is 0 Å². The second kappa shape index (κ2) is 69.8. The molecule has 0 aliphatic rings. The Morgan fingerprint density at radius 1 is 0.600 bits per heavy atom. The van der Waals surface area contributed by atoms with Crippen molar-refractivity contribution in [3.8, 4) is 0 Å². The minimum absolute atomic E-state index is 0. The summed E-state index contributed by atoms with van der Waals surface area (Å²) in [5.74, 6) is 0. The third kappa shape index (κ3) is 40.0. The Morgan fingerprint density at radius 3 is 0.600 bits per heavy atom. The van der Waals surface area contributed by atoms with Crippen molar-refractivity contribution < 1.29 is 55.2 Å². The van der Waals surface area contributed by atoms with Gasteiger partial charge in [0, 0.05) is 0 Å². The molecule has 0 saturated heterocycles. The first-order valence-electron chi connectivity index (χ1n) is 0. The van der Waals surface area contributed by atoms with Gasteiger partial charge in [0.2, 0.25) is 0 Å². The third-order valence-corrected chi connectivity index (χ3v) is 0. The van der Waals surface area contributed by atoms with Crippen LogP contribution in [-0.2, 0) is 55.2 Å². The molecular formula is MnO3Ti. The van der Waals surface area contributed by atoms with Crippen LogP contribution < -0.4 is 0 Å². The molecule has 0 atom stereocenters. The first kappa shape index (κ1) is 129. The summed E-state index contributed by atoms with van der Waals surface area (Å²) in [5, 5.41) is 0. The standard InChI is InChI=1S/Mn.3O.Ti/q+2;3*-2;+4. The maximum Gasteiger partial charge on any atom is 4.00 e. The van der Waals surface area contributed by atoms with Gasteiger partial charge in [-0.1, -0.05) is 0 Å². The fourth-order valence-corrected chi connectivity index (χ4v) is 0. The first-order chi connectivity index (χ1) is 0. The molecule has 0 aromatic heterocycles. The average Bonchev–Trinajstić information content (AvgIpc) is 0. The summed E-state index contributed by atoms with van der Waals surface area (Å²) >= 11 is 0. The summed E-state index contributed by atoms with van der Waals surface area (Å²) in [4.78, 5) is 0. The van der Waals surface area contributed by atoms with Crippen LogP contribution in [0.25, 0.3) is 0 Å². The van der Waals surface area contributed by atoms with E-state index in [1.807, 2.05) is 0 Å². The van der Waals surface area contributed by atoms with Gasteiger partial charge in [-0.2, -0.15) is 0 Å². The zero-order chi connectivity index (χ0) is 0. The summed E-state index contributed by atoms with van der Waals surface area (Å²) in [6, 6.07) is 0.